The first kappa shape index (κ1) is 20.5. The molecule has 0 amide bonds. The van der Waals surface area contributed by atoms with E-state index in [1.165, 1.54) is 0 Å². The molecule has 0 fully saturated rings. The normalized spacial score (nSPS) is 14.0. The summed E-state index contributed by atoms with van der Waals surface area (Å²) in [6.45, 7) is 5.84. The lowest BCUT2D eigenvalue weighted by atomic mass is 9.95. The zero-order valence-corrected chi connectivity index (χ0v) is 18.0. The molecule has 0 spiro atoms. The first-order valence-corrected chi connectivity index (χ1v) is 11.0. The Morgan fingerprint density at radius 1 is 1.00 bits per heavy atom. The molecule has 2 unspecified atom stereocenters. The van der Waals surface area contributed by atoms with Crippen molar-refractivity contribution in [2.45, 2.75) is 38.0 Å². The van der Waals surface area contributed by atoms with Crippen molar-refractivity contribution in [1.29, 1.82) is 0 Å². The van der Waals surface area contributed by atoms with Crippen LogP contribution in [-0.2, 0) is 17.8 Å². The minimum Gasteiger partial charge on any atom is -0.598 e. The first-order valence-electron chi connectivity index (χ1n) is 9.81. The number of nitrogens with zero attached hydrogens (tertiary/aromatic N) is 3. The van der Waals surface area contributed by atoms with Crippen LogP contribution in [0, 0.1) is 0 Å². The molecule has 0 bridgehead atoms. The average molecular weight is 421 g/mol. The lowest BCUT2D eigenvalue weighted by molar-refractivity contribution is 0.459. The Kier molecular flexibility index (Phi) is 5.85. The van der Waals surface area contributed by atoms with Gasteiger partial charge in [-0.05, 0) is 44.5 Å². The molecule has 4 aromatic rings. The summed E-state index contributed by atoms with van der Waals surface area (Å²) in [6.07, 6.45) is 3.93. The van der Waals surface area contributed by atoms with Crippen molar-refractivity contribution in [3.8, 4) is 11.3 Å². The highest BCUT2D eigenvalue weighted by atomic mass is 32.2. The van der Waals surface area contributed by atoms with Crippen LogP contribution in [0.15, 0.2) is 71.5 Å². The molecule has 154 valence electrons. The highest BCUT2D eigenvalue weighted by Crippen LogP contribution is 2.34. The molecule has 7 heteroatoms. The summed E-state index contributed by atoms with van der Waals surface area (Å²) in [4.78, 5) is 8.74. The minimum atomic E-state index is -1.27. The van der Waals surface area contributed by atoms with Crippen molar-refractivity contribution in [2.75, 3.05) is 0 Å². The van der Waals surface area contributed by atoms with Crippen LogP contribution in [0.25, 0.3) is 22.2 Å². The van der Waals surface area contributed by atoms with Gasteiger partial charge in [0.05, 0.1) is 6.04 Å². The maximum Gasteiger partial charge on any atom is 0.167 e. The van der Waals surface area contributed by atoms with E-state index >= 15 is 0 Å². The number of hydrogen-bond donors (Lipinski definition) is 1. The van der Waals surface area contributed by atoms with Crippen molar-refractivity contribution in [3.63, 3.8) is 0 Å². The second-order valence-corrected chi connectivity index (χ2v) is 10.0. The number of hydrogen-bond acceptors (Lipinski definition) is 6. The zero-order valence-electron chi connectivity index (χ0n) is 17.2. The molecule has 0 radical (unpaired) electrons. The molecule has 0 aliphatic carbocycles. The van der Waals surface area contributed by atoms with Crippen LogP contribution in [0.2, 0.25) is 0 Å². The molecule has 4 rings (SSSR count). The summed E-state index contributed by atoms with van der Waals surface area (Å²) < 4.78 is 21.4. The van der Waals surface area contributed by atoms with Crippen molar-refractivity contribution in [3.05, 3.63) is 78.4 Å². The lowest BCUT2D eigenvalue weighted by Gasteiger charge is -2.28. The summed E-state index contributed by atoms with van der Waals surface area (Å²) in [5.41, 5.74) is 3.41. The molecular weight excluding hydrogens is 396 g/mol. The van der Waals surface area contributed by atoms with Crippen LogP contribution in [0.4, 0.5) is 0 Å². The monoisotopic (exact) mass is 420 g/mol. The van der Waals surface area contributed by atoms with E-state index in [9.17, 15) is 4.55 Å². The maximum atomic E-state index is 13.0. The molecule has 6 nitrogen and oxygen atoms in total. The van der Waals surface area contributed by atoms with E-state index < -0.39 is 16.1 Å². The van der Waals surface area contributed by atoms with Crippen LogP contribution in [-0.4, -0.2) is 24.4 Å². The third kappa shape index (κ3) is 4.38. The van der Waals surface area contributed by atoms with E-state index in [2.05, 4.69) is 19.8 Å². The number of para-hydroxylation sites is 1. The second kappa shape index (κ2) is 8.55. The Bertz CT molecular complexity index is 1120. The molecule has 0 aliphatic heterocycles. The van der Waals surface area contributed by atoms with Crippen molar-refractivity contribution >= 4 is 22.3 Å². The number of fused-ring (bicyclic) bond motifs is 1. The largest absolute Gasteiger partial charge is 0.598 e. The van der Waals surface area contributed by atoms with E-state index in [0.29, 0.717) is 12.2 Å². The summed E-state index contributed by atoms with van der Waals surface area (Å²) in [6, 6.07) is 17.3. The highest BCUT2D eigenvalue weighted by molar-refractivity contribution is 7.90. The van der Waals surface area contributed by atoms with Crippen molar-refractivity contribution < 1.29 is 9.08 Å². The van der Waals surface area contributed by atoms with E-state index in [1.54, 1.807) is 18.5 Å². The molecule has 1 N–H and O–H groups in total. The standard InChI is InChI=1S/C23H24N4O2S/c1-23(2,3)30(28)27-19(15-21-24-13-8-14-25-21)16-9-4-5-10-17(16)22-18-11-6-7-12-20(18)29-26-22/h4-14,19,27H,15H2,1-3H3. The van der Waals surface area contributed by atoms with E-state index in [4.69, 9.17) is 4.52 Å². The van der Waals surface area contributed by atoms with Gasteiger partial charge in [-0.3, -0.25) is 0 Å². The van der Waals surface area contributed by atoms with Gasteiger partial charge in [-0.25, -0.2) is 9.97 Å². The van der Waals surface area contributed by atoms with Gasteiger partial charge in [0.1, 0.15) is 16.3 Å². The number of benzene rings is 2. The molecule has 2 heterocycles. The topological polar surface area (TPSA) is 86.9 Å². The zero-order chi connectivity index (χ0) is 21.1. The predicted molar refractivity (Wildman–Crippen MR) is 119 cm³/mol. The summed E-state index contributed by atoms with van der Waals surface area (Å²) >= 11 is -1.27. The molecule has 0 saturated heterocycles. The Balaban J connectivity index is 1.79. The van der Waals surface area contributed by atoms with E-state index in [1.807, 2.05) is 69.3 Å². The maximum absolute atomic E-state index is 13.0. The minimum absolute atomic E-state index is 0.265. The van der Waals surface area contributed by atoms with Gasteiger partial charge in [0.25, 0.3) is 0 Å². The van der Waals surface area contributed by atoms with Gasteiger partial charge in [0, 0.05) is 41.1 Å². The van der Waals surface area contributed by atoms with Crippen LogP contribution in [0.5, 0.6) is 0 Å². The van der Waals surface area contributed by atoms with Gasteiger partial charge in [-0.2, -0.15) is 0 Å². The number of nitrogens with one attached hydrogen (secondary N) is 1. The van der Waals surface area contributed by atoms with E-state index in [0.717, 1.165) is 27.8 Å². The summed E-state index contributed by atoms with van der Waals surface area (Å²) in [7, 11) is 0. The fourth-order valence-electron chi connectivity index (χ4n) is 3.24. The number of rotatable bonds is 6. The highest BCUT2D eigenvalue weighted by Gasteiger charge is 2.31. The van der Waals surface area contributed by atoms with Crippen molar-refractivity contribution in [1.82, 2.24) is 19.8 Å². The quantitative estimate of drug-likeness (QED) is 0.458. The Labute approximate surface area is 179 Å². The molecule has 0 aliphatic rings. The third-order valence-electron chi connectivity index (χ3n) is 4.78. The van der Waals surface area contributed by atoms with Crippen LogP contribution >= 0.6 is 0 Å². The summed E-state index contributed by atoms with van der Waals surface area (Å²) in [5, 5.41) is 5.27. The smallest absolute Gasteiger partial charge is 0.167 e. The fraction of sp³-hybridized carbons (Fsp3) is 0.261. The molecule has 2 atom stereocenters. The van der Waals surface area contributed by atoms with Gasteiger partial charge < -0.3 is 9.08 Å². The first-order chi connectivity index (χ1) is 14.4. The molecule has 30 heavy (non-hydrogen) atoms. The third-order valence-corrected chi connectivity index (χ3v) is 6.39. The van der Waals surface area contributed by atoms with Gasteiger partial charge in [-0.15, -0.1) is 4.72 Å². The Hall–Kier alpha value is -2.74. The summed E-state index contributed by atoms with van der Waals surface area (Å²) in [5.74, 6) is 0.681. The van der Waals surface area contributed by atoms with Crippen LogP contribution < -0.4 is 4.72 Å². The van der Waals surface area contributed by atoms with Crippen LogP contribution in [0.3, 0.4) is 0 Å². The molecule has 0 saturated carbocycles. The van der Waals surface area contributed by atoms with Gasteiger partial charge in [-0.1, -0.05) is 41.6 Å². The molecule has 2 aromatic heterocycles. The SMILES string of the molecule is CC(C)(C)[S+]([O-])NC(Cc1ncccn1)c1ccccc1-c1noc2ccccc12. The predicted octanol–water partition coefficient (Wildman–Crippen LogP) is 4.62. The molecule has 2 aromatic carbocycles. The lowest BCUT2D eigenvalue weighted by Crippen LogP contribution is -2.42. The van der Waals surface area contributed by atoms with Crippen LogP contribution in [0.1, 0.15) is 38.2 Å². The van der Waals surface area contributed by atoms with Gasteiger partial charge >= 0.3 is 0 Å². The van der Waals surface area contributed by atoms with Gasteiger partial charge in [0.2, 0.25) is 0 Å². The number of aromatic nitrogens is 3. The Morgan fingerprint density at radius 2 is 1.70 bits per heavy atom. The van der Waals surface area contributed by atoms with Gasteiger partial charge in [0.15, 0.2) is 5.58 Å². The van der Waals surface area contributed by atoms with E-state index in [-0.39, 0.29) is 6.04 Å². The fourth-order valence-corrected chi connectivity index (χ4v) is 4.06. The second-order valence-electron chi connectivity index (χ2n) is 8.04. The molecular formula is C23H24N4O2S. The van der Waals surface area contributed by atoms with Crippen molar-refractivity contribution in [2.24, 2.45) is 0 Å². The average Bonchev–Trinajstić information content (AvgIpc) is 3.17. The Morgan fingerprint density at radius 3 is 2.47 bits per heavy atom.